The van der Waals surface area contributed by atoms with E-state index in [-0.39, 0.29) is 6.04 Å². The molecular weight excluding hydrogens is 244 g/mol. The van der Waals surface area contributed by atoms with Crippen LogP contribution >= 0.6 is 0 Å². The Morgan fingerprint density at radius 1 is 1.53 bits per heavy atom. The van der Waals surface area contributed by atoms with Gasteiger partial charge in [0.25, 0.3) is 5.89 Å². The van der Waals surface area contributed by atoms with Gasteiger partial charge < -0.3 is 15.6 Å². The maximum Gasteiger partial charge on any atom is 0.261 e. The third-order valence-corrected chi connectivity index (χ3v) is 3.34. The van der Waals surface area contributed by atoms with Crippen molar-refractivity contribution in [3.05, 3.63) is 24.3 Å². The SMILES string of the molecule is CN1CCNCC1c1noc(-c2cnccc2N)n1. The molecule has 2 aromatic rings. The van der Waals surface area contributed by atoms with E-state index in [0.717, 1.165) is 19.6 Å². The second-order valence-corrected chi connectivity index (χ2v) is 4.62. The fraction of sp³-hybridized carbons (Fsp3) is 0.417. The van der Waals surface area contributed by atoms with Gasteiger partial charge in [-0.05, 0) is 13.1 Å². The molecule has 0 aromatic carbocycles. The molecule has 100 valence electrons. The van der Waals surface area contributed by atoms with Gasteiger partial charge in [0.1, 0.15) is 0 Å². The maximum absolute atomic E-state index is 5.88. The first-order chi connectivity index (χ1) is 9.25. The van der Waals surface area contributed by atoms with Gasteiger partial charge in [-0.2, -0.15) is 4.98 Å². The van der Waals surface area contributed by atoms with E-state index in [0.29, 0.717) is 23.0 Å². The van der Waals surface area contributed by atoms with Crippen molar-refractivity contribution < 1.29 is 4.52 Å². The predicted molar refractivity (Wildman–Crippen MR) is 70.2 cm³/mol. The van der Waals surface area contributed by atoms with Crippen LogP contribution in [0, 0.1) is 0 Å². The number of likely N-dealkylation sites (N-methyl/N-ethyl adjacent to an activating group) is 1. The Kier molecular flexibility index (Phi) is 3.14. The third kappa shape index (κ3) is 2.29. The minimum Gasteiger partial charge on any atom is -0.398 e. The second kappa shape index (κ2) is 4.94. The Morgan fingerprint density at radius 3 is 3.21 bits per heavy atom. The highest BCUT2D eigenvalue weighted by Crippen LogP contribution is 2.25. The number of hydrogen-bond donors (Lipinski definition) is 2. The molecule has 0 aliphatic carbocycles. The highest BCUT2D eigenvalue weighted by atomic mass is 16.5. The zero-order valence-corrected chi connectivity index (χ0v) is 10.7. The van der Waals surface area contributed by atoms with Gasteiger partial charge >= 0.3 is 0 Å². The van der Waals surface area contributed by atoms with Crippen molar-refractivity contribution in [2.75, 3.05) is 32.4 Å². The summed E-state index contributed by atoms with van der Waals surface area (Å²) >= 11 is 0. The molecule has 7 heteroatoms. The van der Waals surface area contributed by atoms with Crippen molar-refractivity contribution in [1.29, 1.82) is 0 Å². The standard InChI is InChI=1S/C12H16N6O/c1-18-5-4-15-7-10(18)11-16-12(19-17-11)8-6-14-3-2-9(8)13/h2-3,6,10,15H,4-5,7H2,1H3,(H2,13,14). The van der Waals surface area contributed by atoms with E-state index < -0.39 is 0 Å². The van der Waals surface area contributed by atoms with Gasteiger partial charge in [-0.1, -0.05) is 5.16 Å². The van der Waals surface area contributed by atoms with Crippen LogP contribution in [0.15, 0.2) is 23.0 Å². The fourth-order valence-corrected chi connectivity index (χ4v) is 2.16. The molecule has 0 bridgehead atoms. The average molecular weight is 260 g/mol. The molecule has 19 heavy (non-hydrogen) atoms. The number of rotatable bonds is 2. The molecule has 7 nitrogen and oxygen atoms in total. The van der Waals surface area contributed by atoms with E-state index in [1.165, 1.54) is 0 Å². The van der Waals surface area contributed by atoms with Crippen molar-refractivity contribution >= 4 is 5.69 Å². The summed E-state index contributed by atoms with van der Waals surface area (Å²) in [6.07, 6.45) is 3.27. The molecule has 3 N–H and O–H groups in total. The van der Waals surface area contributed by atoms with Crippen LogP contribution in [0.3, 0.4) is 0 Å². The number of pyridine rings is 1. The van der Waals surface area contributed by atoms with Gasteiger partial charge in [-0.25, -0.2) is 0 Å². The highest BCUT2D eigenvalue weighted by molar-refractivity contribution is 5.68. The zero-order chi connectivity index (χ0) is 13.2. The summed E-state index contributed by atoms with van der Waals surface area (Å²) < 4.78 is 5.30. The van der Waals surface area contributed by atoms with Crippen molar-refractivity contribution in [2.24, 2.45) is 0 Å². The number of nitrogens with one attached hydrogen (secondary N) is 1. The van der Waals surface area contributed by atoms with Gasteiger partial charge in [-0.15, -0.1) is 0 Å². The molecule has 2 aromatic heterocycles. The summed E-state index contributed by atoms with van der Waals surface area (Å²) in [5.74, 6) is 1.09. The van der Waals surface area contributed by atoms with Gasteiger partial charge in [-0.3, -0.25) is 9.88 Å². The summed E-state index contributed by atoms with van der Waals surface area (Å²) in [4.78, 5) is 10.7. The van der Waals surface area contributed by atoms with E-state index in [1.54, 1.807) is 18.5 Å². The summed E-state index contributed by atoms with van der Waals surface area (Å²) in [5, 5.41) is 7.38. The van der Waals surface area contributed by atoms with Crippen LogP contribution in [0.25, 0.3) is 11.5 Å². The van der Waals surface area contributed by atoms with Crippen LogP contribution in [0.2, 0.25) is 0 Å². The lowest BCUT2D eigenvalue weighted by atomic mass is 10.2. The smallest absolute Gasteiger partial charge is 0.261 e. The largest absolute Gasteiger partial charge is 0.398 e. The summed E-state index contributed by atoms with van der Waals surface area (Å²) in [5.41, 5.74) is 7.13. The van der Waals surface area contributed by atoms with Gasteiger partial charge in [0.2, 0.25) is 0 Å². The second-order valence-electron chi connectivity index (χ2n) is 4.62. The first-order valence-corrected chi connectivity index (χ1v) is 6.20. The molecule has 0 saturated carbocycles. The number of hydrogen-bond acceptors (Lipinski definition) is 7. The lowest BCUT2D eigenvalue weighted by molar-refractivity contribution is 0.190. The lowest BCUT2D eigenvalue weighted by Crippen LogP contribution is -2.44. The van der Waals surface area contributed by atoms with Crippen LogP contribution in [0.5, 0.6) is 0 Å². The minimum absolute atomic E-state index is 0.129. The zero-order valence-electron chi connectivity index (χ0n) is 10.7. The molecule has 0 amide bonds. The van der Waals surface area contributed by atoms with Crippen LogP contribution in [0.4, 0.5) is 5.69 Å². The molecule has 1 atom stereocenters. The lowest BCUT2D eigenvalue weighted by Gasteiger charge is -2.30. The van der Waals surface area contributed by atoms with Crippen LogP contribution in [-0.4, -0.2) is 46.7 Å². The van der Waals surface area contributed by atoms with E-state index in [1.807, 2.05) is 0 Å². The molecule has 1 unspecified atom stereocenters. The quantitative estimate of drug-likeness (QED) is 0.801. The maximum atomic E-state index is 5.88. The van der Waals surface area contributed by atoms with Crippen molar-refractivity contribution in [3.63, 3.8) is 0 Å². The first kappa shape index (κ1) is 12.1. The van der Waals surface area contributed by atoms with Crippen molar-refractivity contribution in [2.45, 2.75) is 6.04 Å². The molecule has 1 aliphatic heterocycles. The number of nitrogens with two attached hydrogens (primary N) is 1. The number of piperazine rings is 1. The molecule has 1 fully saturated rings. The van der Waals surface area contributed by atoms with Gasteiger partial charge in [0.15, 0.2) is 5.82 Å². The van der Waals surface area contributed by atoms with Gasteiger partial charge in [0, 0.05) is 37.7 Å². The Bertz CT molecular complexity index is 569. The molecule has 3 rings (SSSR count). The van der Waals surface area contributed by atoms with E-state index >= 15 is 0 Å². The molecule has 1 aliphatic rings. The van der Waals surface area contributed by atoms with Crippen molar-refractivity contribution in [1.82, 2.24) is 25.3 Å². The average Bonchev–Trinajstić information content (AvgIpc) is 2.89. The first-order valence-electron chi connectivity index (χ1n) is 6.20. The molecule has 3 heterocycles. The van der Waals surface area contributed by atoms with Crippen LogP contribution in [-0.2, 0) is 0 Å². The number of nitrogen functional groups attached to an aromatic ring is 1. The molecule has 0 radical (unpaired) electrons. The van der Waals surface area contributed by atoms with Gasteiger partial charge in [0.05, 0.1) is 11.6 Å². The van der Waals surface area contributed by atoms with E-state index in [9.17, 15) is 0 Å². The van der Waals surface area contributed by atoms with Crippen LogP contribution in [0.1, 0.15) is 11.9 Å². The Labute approximate surface area is 110 Å². The number of nitrogens with zero attached hydrogens (tertiary/aromatic N) is 4. The summed E-state index contributed by atoms with van der Waals surface area (Å²) in [6, 6.07) is 1.84. The van der Waals surface area contributed by atoms with E-state index in [4.69, 9.17) is 10.3 Å². The monoisotopic (exact) mass is 260 g/mol. The number of anilines is 1. The topological polar surface area (TPSA) is 93.1 Å². The Morgan fingerprint density at radius 2 is 2.42 bits per heavy atom. The Hall–Kier alpha value is -1.99. The normalized spacial score (nSPS) is 20.6. The van der Waals surface area contributed by atoms with E-state index in [2.05, 4.69) is 32.4 Å². The molecular formula is C12H16N6O. The minimum atomic E-state index is 0.129. The third-order valence-electron chi connectivity index (χ3n) is 3.34. The summed E-state index contributed by atoms with van der Waals surface area (Å²) in [7, 11) is 2.06. The summed E-state index contributed by atoms with van der Waals surface area (Å²) in [6.45, 7) is 2.76. The van der Waals surface area contributed by atoms with Crippen LogP contribution < -0.4 is 11.1 Å². The fourth-order valence-electron chi connectivity index (χ4n) is 2.16. The highest BCUT2D eigenvalue weighted by Gasteiger charge is 2.25. The molecule has 1 saturated heterocycles. The predicted octanol–water partition coefficient (Wildman–Crippen LogP) is 0.290. The van der Waals surface area contributed by atoms with Crippen molar-refractivity contribution in [3.8, 4) is 11.5 Å². The number of aromatic nitrogens is 3. The Balaban J connectivity index is 1.89. The molecule has 0 spiro atoms.